The second-order valence-electron chi connectivity index (χ2n) is 2.26. The van der Waals surface area contributed by atoms with Gasteiger partial charge in [0.2, 0.25) is 0 Å². The van der Waals surface area contributed by atoms with Crippen LogP contribution in [0.5, 0.6) is 0 Å². The Morgan fingerprint density at radius 3 is 2.21 bits per heavy atom. The highest BCUT2D eigenvalue weighted by Crippen LogP contribution is 2.29. The van der Waals surface area contributed by atoms with Gasteiger partial charge in [0.05, 0.1) is 4.92 Å². The van der Waals surface area contributed by atoms with Crippen molar-refractivity contribution in [3.63, 3.8) is 0 Å². The smallest absolute Gasteiger partial charge is 0.258 e. The number of nitrogens with zero attached hydrogens (tertiary/aromatic N) is 1. The summed E-state index contributed by atoms with van der Waals surface area (Å²) in [6, 6.07) is 0. The van der Waals surface area contributed by atoms with Gasteiger partial charge in [0.15, 0.2) is 0 Å². The van der Waals surface area contributed by atoms with Crippen molar-refractivity contribution in [2.45, 2.75) is 13.1 Å². The van der Waals surface area contributed by atoms with Crippen LogP contribution in [0, 0.1) is 10.1 Å². The van der Waals surface area contributed by atoms with E-state index in [1.807, 2.05) is 0 Å². The van der Waals surface area contributed by atoms with Gasteiger partial charge in [-0.3, -0.25) is 10.1 Å². The lowest BCUT2D eigenvalue weighted by molar-refractivity contribution is -0.421. The van der Waals surface area contributed by atoms with Gasteiger partial charge in [0.25, 0.3) is 5.70 Å². The third kappa shape index (κ3) is 3.04. The number of nitro groups is 1. The molecule has 0 saturated carbocycles. The van der Waals surface area contributed by atoms with Crippen molar-refractivity contribution in [1.82, 2.24) is 0 Å². The van der Waals surface area contributed by atoms with Crippen LogP contribution in [-0.4, -0.2) is 11.1 Å². The number of alkyl halides is 3. The van der Waals surface area contributed by atoms with Gasteiger partial charge in [-0.05, 0) is 6.92 Å². The van der Waals surface area contributed by atoms with Gasteiger partial charge in [0, 0.05) is 6.08 Å². The third-order valence-electron chi connectivity index (χ3n) is 1.31. The quantitative estimate of drug-likeness (QED) is 0.405. The SMILES string of the molecule is C=C/C(=C(\C=C/C)[N+](=O)[O-])C(F)(F)F. The van der Waals surface area contributed by atoms with Crippen LogP contribution < -0.4 is 0 Å². The van der Waals surface area contributed by atoms with Crippen LogP contribution in [0.15, 0.2) is 36.1 Å². The Morgan fingerprint density at radius 1 is 1.50 bits per heavy atom. The lowest BCUT2D eigenvalue weighted by atomic mass is 10.2. The fraction of sp³-hybridized carbons (Fsp3) is 0.250. The molecule has 0 radical (unpaired) electrons. The Kier molecular flexibility index (Phi) is 4.07. The summed E-state index contributed by atoms with van der Waals surface area (Å²) in [6.07, 6.45) is -2.39. The van der Waals surface area contributed by atoms with E-state index < -0.39 is 22.4 Å². The van der Waals surface area contributed by atoms with E-state index in [1.165, 1.54) is 6.92 Å². The van der Waals surface area contributed by atoms with Crippen LogP contribution in [0.2, 0.25) is 0 Å². The number of hydrogen-bond acceptors (Lipinski definition) is 2. The Hall–Kier alpha value is -1.59. The maximum absolute atomic E-state index is 12.2. The summed E-state index contributed by atoms with van der Waals surface area (Å²) in [7, 11) is 0. The van der Waals surface area contributed by atoms with Gasteiger partial charge in [0.1, 0.15) is 5.57 Å². The minimum absolute atomic E-state index is 0.429. The van der Waals surface area contributed by atoms with Gasteiger partial charge in [-0.25, -0.2) is 0 Å². The zero-order chi connectivity index (χ0) is 11.4. The number of rotatable bonds is 3. The van der Waals surface area contributed by atoms with Crippen molar-refractivity contribution in [3.05, 3.63) is 46.2 Å². The molecule has 0 aliphatic rings. The standard InChI is InChI=1S/C8H8F3NO2/c1-3-5-7(12(13)14)6(4-2)8(9,10)11/h3-5H,2H2,1H3/b5-3-,7-6-. The van der Waals surface area contributed by atoms with Crippen LogP contribution in [0.3, 0.4) is 0 Å². The summed E-state index contributed by atoms with van der Waals surface area (Å²) in [6.45, 7) is 4.29. The first-order valence-electron chi connectivity index (χ1n) is 3.55. The van der Waals surface area contributed by atoms with E-state index in [2.05, 4.69) is 6.58 Å². The van der Waals surface area contributed by atoms with Gasteiger partial charge in [-0.2, -0.15) is 13.2 Å². The summed E-state index contributed by atoms with van der Waals surface area (Å²) in [5.41, 5.74) is -2.35. The third-order valence-corrected chi connectivity index (χ3v) is 1.31. The Balaban J connectivity index is 5.54. The number of allylic oxidation sites excluding steroid dienone is 4. The molecule has 6 heteroatoms. The van der Waals surface area contributed by atoms with Crippen molar-refractivity contribution in [3.8, 4) is 0 Å². The molecule has 0 heterocycles. The molecule has 0 atom stereocenters. The molecule has 0 aromatic heterocycles. The Labute approximate surface area is 78.4 Å². The average Bonchev–Trinajstić information content (AvgIpc) is 2.01. The van der Waals surface area contributed by atoms with E-state index in [9.17, 15) is 23.3 Å². The van der Waals surface area contributed by atoms with Crippen molar-refractivity contribution in [2.24, 2.45) is 0 Å². The Morgan fingerprint density at radius 2 is 2.00 bits per heavy atom. The molecule has 0 bridgehead atoms. The first kappa shape index (κ1) is 12.4. The molecule has 0 aromatic carbocycles. The molecule has 3 nitrogen and oxygen atoms in total. The second kappa shape index (κ2) is 4.59. The van der Waals surface area contributed by atoms with Gasteiger partial charge < -0.3 is 0 Å². The van der Waals surface area contributed by atoms with Crippen LogP contribution in [0.25, 0.3) is 0 Å². The molecule has 0 aliphatic heterocycles. The molecule has 0 amide bonds. The first-order chi connectivity index (χ1) is 6.34. The molecule has 0 unspecified atom stereocenters. The van der Waals surface area contributed by atoms with E-state index >= 15 is 0 Å². The fourth-order valence-electron chi connectivity index (χ4n) is 0.772. The predicted octanol–water partition coefficient (Wildman–Crippen LogP) is 2.84. The van der Waals surface area contributed by atoms with Crippen molar-refractivity contribution < 1.29 is 18.1 Å². The largest absolute Gasteiger partial charge is 0.422 e. The minimum Gasteiger partial charge on any atom is -0.258 e. The summed E-state index contributed by atoms with van der Waals surface area (Å²) in [4.78, 5) is 9.19. The summed E-state index contributed by atoms with van der Waals surface area (Å²) in [5.74, 6) is 0. The molecule has 0 fully saturated rings. The van der Waals surface area contributed by atoms with E-state index in [4.69, 9.17) is 0 Å². The zero-order valence-electron chi connectivity index (χ0n) is 7.34. The van der Waals surface area contributed by atoms with E-state index in [0.29, 0.717) is 6.08 Å². The van der Waals surface area contributed by atoms with Crippen LogP contribution in [-0.2, 0) is 0 Å². The molecule has 14 heavy (non-hydrogen) atoms. The lowest BCUT2D eigenvalue weighted by Gasteiger charge is -2.06. The lowest BCUT2D eigenvalue weighted by Crippen LogP contribution is -2.15. The predicted molar refractivity (Wildman–Crippen MR) is 45.1 cm³/mol. The molecular formula is C8H8F3NO2. The molecule has 0 aromatic rings. The van der Waals surface area contributed by atoms with E-state index in [-0.39, 0.29) is 0 Å². The zero-order valence-corrected chi connectivity index (χ0v) is 7.34. The maximum atomic E-state index is 12.2. The maximum Gasteiger partial charge on any atom is 0.422 e. The van der Waals surface area contributed by atoms with Gasteiger partial charge in [-0.15, -0.1) is 0 Å². The Bertz CT molecular complexity index is 302. The monoisotopic (exact) mass is 207 g/mol. The minimum atomic E-state index is -4.76. The van der Waals surface area contributed by atoms with Crippen LogP contribution >= 0.6 is 0 Å². The van der Waals surface area contributed by atoms with Crippen molar-refractivity contribution in [2.75, 3.05) is 0 Å². The van der Waals surface area contributed by atoms with E-state index in [1.54, 1.807) is 0 Å². The molecule has 0 aliphatic carbocycles. The highest BCUT2D eigenvalue weighted by molar-refractivity contribution is 5.31. The van der Waals surface area contributed by atoms with Gasteiger partial charge in [-0.1, -0.05) is 18.7 Å². The fourth-order valence-corrected chi connectivity index (χ4v) is 0.772. The normalized spacial score (nSPS) is 14.0. The molecule has 0 rings (SSSR count). The van der Waals surface area contributed by atoms with E-state index in [0.717, 1.165) is 12.2 Å². The van der Waals surface area contributed by atoms with Crippen molar-refractivity contribution in [1.29, 1.82) is 0 Å². The average molecular weight is 207 g/mol. The van der Waals surface area contributed by atoms with Crippen molar-refractivity contribution >= 4 is 0 Å². The summed E-state index contributed by atoms with van der Waals surface area (Å²) < 4.78 is 36.6. The molecule has 78 valence electrons. The van der Waals surface area contributed by atoms with Crippen LogP contribution in [0.4, 0.5) is 13.2 Å². The van der Waals surface area contributed by atoms with Gasteiger partial charge >= 0.3 is 6.18 Å². The molecule has 0 saturated heterocycles. The van der Waals surface area contributed by atoms with Crippen LogP contribution in [0.1, 0.15) is 6.92 Å². The highest BCUT2D eigenvalue weighted by atomic mass is 19.4. The molecular weight excluding hydrogens is 199 g/mol. The highest BCUT2D eigenvalue weighted by Gasteiger charge is 2.38. The second-order valence-corrected chi connectivity index (χ2v) is 2.26. The summed E-state index contributed by atoms with van der Waals surface area (Å²) in [5, 5.41) is 10.3. The topological polar surface area (TPSA) is 43.1 Å². The summed E-state index contributed by atoms with van der Waals surface area (Å²) >= 11 is 0. The number of hydrogen-bond donors (Lipinski definition) is 0. The molecule has 0 spiro atoms. The molecule has 0 N–H and O–H groups in total. The first-order valence-corrected chi connectivity index (χ1v) is 3.55. The number of halogens is 3.